The van der Waals surface area contributed by atoms with Crippen molar-refractivity contribution in [2.45, 2.75) is 6.04 Å². The minimum Gasteiger partial charge on any atom is -0.461 e. The fourth-order valence-electron chi connectivity index (χ4n) is 4.31. The number of imidazole rings is 1. The maximum absolute atomic E-state index is 12.6. The summed E-state index contributed by atoms with van der Waals surface area (Å²) >= 11 is 0. The standard InChI is InChI=1S/C26H21N5O4/c1-16-20(13-35-26(34)18-10-6-3-7-11-18)19(12-32)22(16)31-15-29-21-23(27-14-28-24(21)31)30-25(33)17-8-4-2-5-9-17/h2-12,14-15,19-20,22H,1,13H2,(H,27,28,30,33)/t19-,20+,22-/m1/s1. The monoisotopic (exact) mass is 467 g/mol. The highest BCUT2D eigenvalue weighted by Crippen LogP contribution is 2.48. The van der Waals surface area contributed by atoms with Gasteiger partial charge in [0.05, 0.1) is 24.5 Å². The maximum Gasteiger partial charge on any atom is 0.338 e. The van der Waals surface area contributed by atoms with Gasteiger partial charge >= 0.3 is 5.97 Å². The van der Waals surface area contributed by atoms with Gasteiger partial charge in [0.15, 0.2) is 17.0 Å². The van der Waals surface area contributed by atoms with Gasteiger partial charge in [0.25, 0.3) is 5.91 Å². The van der Waals surface area contributed by atoms with Crippen LogP contribution in [0, 0.1) is 11.8 Å². The number of carbonyl (C=O) groups excluding carboxylic acids is 3. The number of amides is 1. The number of esters is 1. The molecular weight excluding hydrogens is 446 g/mol. The van der Waals surface area contributed by atoms with Crippen LogP contribution in [-0.2, 0) is 9.53 Å². The van der Waals surface area contributed by atoms with Crippen molar-refractivity contribution in [3.05, 3.63) is 96.6 Å². The summed E-state index contributed by atoms with van der Waals surface area (Å²) in [6, 6.07) is 17.0. The number of fused-ring (bicyclic) bond motifs is 1. The molecule has 1 saturated carbocycles. The van der Waals surface area contributed by atoms with Crippen LogP contribution in [0.25, 0.3) is 11.2 Å². The Bertz CT molecular complexity index is 1420. The lowest BCUT2D eigenvalue weighted by molar-refractivity contribution is -0.116. The van der Waals surface area contributed by atoms with E-state index in [1.807, 2.05) is 12.1 Å². The molecule has 0 bridgehead atoms. The largest absolute Gasteiger partial charge is 0.461 e. The molecule has 9 heteroatoms. The summed E-state index contributed by atoms with van der Waals surface area (Å²) in [6.45, 7) is 4.18. The number of hydrogen-bond acceptors (Lipinski definition) is 7. The average Bonchev–Trinajstić information content (AvgIpc) is 3.32. The third kappa shape index (κ3) is 4.08. The highest BCUT2D eigenvalue weighted by molar-refractivity contribution is 6.06. The van der Waals surface area contributed by atoms with Gasteiger partial charge in [-0.2, -0.15) is 0 Å². The van der Waals surface area contributed by atoms with E-state index in [2.05, 4.69) is 26.8 Å². The van der Waals surface area contributed by atoms with Gasteiger partial charge in [-0.25, -0.2) is 19.7 Å². The molecule has 2 heterocycles. The summed E-state index contributed by atoms with van der Waals surface area (Å²) in [6.07, 6.45) is 3.72. The number of ether oxygens (including phenoxy) is 1. The molecule has 9 nitrogen and oxygen atoms in total. The van der Waals surface area contributed by atoms with Crippen molar-refractivity contribution in [3.8, 4) is 0 Å². The fourth-order valence-corrected chi connectivity index (χ4v) is 4.31. The first kappa shape index (κ1) is 22.1. The van der Waals surface area contributed by atoms with Gasteiger partial charge < -0.3 is 19.4 Å². The summed E-state index contributed by atoms with van der Waals surface area (Å²) in [5.41, 5.74) is 2.52. The summed E-state index contributed by atoms with van der Waals surface area (Å²) in [5, 5.41) is 2.77. The maximum atomic E-state index is 12.6. The zero-order valence-electron chi connectivity index (χ0n) is 18.6. The molecule has 1 N–H and O–H groups in total. The van der Waals surface area contributed by atoms with Crippen LogP contribution < -0.4 is 5.32 Å². The summed E-state index contributed by atoms with van der Waals surface area (Å²) in [5.74, 6) is -1.29. The number of rotatable bonds is 7. The van der Waals surface area contributed by atoms with E-state index < -0.39 is 17.9 Å². The smallest absolute Gasteiger partial charge is 0.338 e. The van der Waals surface area contributed by atoms with E-state index in [0.29, 0.717) is 22.3 Å². The molecule has 2 aromatic carbocycles. The summed E-state index contributed by atoms with van der Waals surface area (Å²) < 4.78 is 7.18. The molecule has 174 valence electrons. The highest BCUT2D eigenvalue weighted by atomic mass is 16.5. The van der Waals surface area contributed by atoms with Crippen molar-refractivity contribution in [2.24, 2.45) is 11.8 Å². The molecular formula is C26H21N5O4. The fraction of sp³-hybridized carbons (Fsp3) is 0.154. The molecule has 0 saturated heterocycles. The number of anilines is 1. The van der Waals surface area contributed by atoms with Crippen molar-refractivity contribution < 1.29 is 19.1 Å². The Labute approximate surface area is 200 Å². The average molecular weight is 467 g/mol. The van der Waals surface area contributed by atoms with Crippen LogP contribution in [0.1, 0.15) is 26.8 Å². The van der Waals surface area contributed by atoms with Crippen molar-refractivity contribution in [2.75, 3.05) is 11.9 Å². The Kier molecular flexibility index (Phi) is 5.88. The van der Waals surface area contributed by atoms with Gasteiger partial charge in [-0.05, 0) is 29.8 Å². The van der Waals surface area contributed by atoms with Gasteiger partial charge in [-0.3, -0.25) is 4.79 Å². The van der Waals surface area contributed by atoms with Crippen LogP contribution in [0.15, 0.2) is 85.5 Å². The van der Waals surface area contributed by atoms with Gasteiger partial charge in [0, 0.05) is 17.4 Å². The van der Waals surface area contributed by atoms with Gasteiger partial charge in [0.1, 0.15) is 12.6 Å². The minimum absolute atomic E-state index is 0.0481. The number of hydrogen-bond donors (Lipinski definition) is 1. The number of carbonyl (C=O) groups is 3. The Hall–Kier alpha value is -4.66. The Morgan fingerprint density at radius 2 is 1.69 bits per heavy atom. The Morgan fingerprint density at radius 3 is 2.37 bits per heavy atom. The van der Waals surface area contributed by atoms with Gasteiger partial charge in [0.2, 0.25) is 0 Å². The molecule has 35 heavy (non-hydrogen) atoms. The molecule has 5 rings (SSSR count). The second kappa shape index (κ2) is 9.30. The highest BCUT2D eigenvalue weighted by Gasteiger charge is 2.47. The number of aldehydes is 1. The second-order valence-corrected chi connectivity index (χ2v) is 8.17. The third-order valence-corrected chi connectivity index (χ3v) is 6.17. The number of aromatic nitrogens is 4. The van der Waals surface area contributed by atoms with Crippen LogP contribution in [0.3, 0.4) is 0 Å². The van der Waals surface area contributed by atoms with Crippen molar-refractivity contribution in [3.63, 3.8) is 0 Å². The number of nitrogens with one attached hydrogen (secondary N) is 1. The number of nitrogens with zero attached hydrogens (tertiary/aromatic N) is 4. The van der Waals surface area contributed by atoms with E-state index in [1.54, 1.807) is 59.4 Å². The lowest BCUT2D eigenvalue weighted by Crippen LogP contribution is -2.44. The Morgan fingerprint density at radius 1 is 1.00 bits per heavy atom. The molecule has 1 fully saturated rings. The molecule has 1 aliphatic rings. The van der Waals surface area contributed by atoms with Crippen LogP contribution in [0.4, 0.5) is 5.82 Å². The van der Waals surface area contributed by atoms with E-state index >= 15 is 0 Å². The first-order valence-electron chi connectivity index (χ1n) is 11.0. The quantitative estimate of drug-likeness (QED) is 0.251. The number of benzene rings is 2. The van der Waals surface area contributed by atoms with Crippen LogP contribution in [-0.4, -0.2) is 44.3 Å². The zero-order chi connectivity index (χ0) is 24.4. The van der Waals surface area contributed by atoms with Crippen LogP contribution in [0.5, 0.6) is 0 Å². The first-order chi connectivity index (χ1) is 17.1. The molecule has 2 aromatic heterocycles. The van der Waals surface area contributed by atoms with E-state index in [4.69, 9.17) is 4.74 Å². The minimum atomic E-state index is -0.471. The normalized spacial score (nSPS) is 19.1. The second-order valence-electron chi connectivity index (χ2n) is 8.17. The predicted molar refractivity (Wildman–Crippen MR) is 128 cm³/mol. The van der Waals surface area contributed by atoms with E-state index in [-0.39, 0.29) is 24.2 Å². The molecule has 0 spiro atoms. The topological polar surface area (TPSA) is 116 Å². The van der Waals surface area contributed by atoms with Crippen molar-refractivity contribution in [1.29, 1.82) is 0 Å². The third-order valence-electron chi connectivity index (χ3n) is 6.17. The van der Waals surface area contributed by atoms with E-state index in [9.17, 15) is 14.4 Å². The lowest BCUT2D eigenvalue weighted by Gasteiger charge is -2.44. The SMILES string of the molecule is C=C1[C@@H](n2cnc3c(NC(=O)c4ccccc4)ncnc32)[C@H](C=O)[C@H]1COC(=O)c1ccccc1. The zero-order valence-corrected chi connectivity index (χ0v) is 18.6. The van der Waals surface area contributed by atoms with E-state index in [1.165, 1.54) is 6.33 Å². The predicted octanol–water partition coefficient (Wildman–Crippen LogP) is 3.48. The first-order valence-corrected chi connectivity index (χ1v) is 11.0. The molecule has 4 aromatic rings. The van der Waals surface area contributed by atoms with Gasteiger partial charge in [-0.1, -0.05) is 43.0 Å². The van der Waals surface area contributed by atoms with E-state index in [0.717, 1.165) is 11.9 Å². The molecule has 1 aliphatic carbocycles. The summed E-state index contributed by atoms with van der Waals surface area (Å²) in [7, 11) is 0. The van der Waals surface area contributed by atoms with Crippen molar-refractivity contribution in [1.82, 2.24) is 19.5 Å². The molecule has 3 atom stereocenters. The van der Waals surface area contributed by atoms with Crippen molar-refractivity contribution >= 4 is 35.1 Å². The van der Waals surface area contributed by atoms with Crippen LogP contribution >= 0.6 is 0 Å². The molecule has 0 unspecified atom stereocenters. The summed E-state index contributed by atoms with van der Waals surface area (Å²) in [4.78, 5) is 49.7. The molecule has 1 amide bonds. The van der Waals surface area contributed by atoms with Gasteiger partial charge in [-0.15, -0.1) is 0 Å². The lowest BCUT2D eigenvalue weighted by atomic mass is 9.66. The Balaban J connectivity index is 1.33. The molecule has 0 radical (unpaired) electrons. The molecule has 0 aliphatic heterocycles. The van der Waals surface area contributed by atoms with Crippen LogP contribution in [0.2, 0.25) is 0 Å².